The highest BCUT2D eigenvalue weighted by molar-refractivity contribution is 7.13. The van der Waals surface area contributed by atoms with Crippen LogP contribution in [0.4, 0.5) is 4.39 Å². The van der Waals surface area contributed by atoms with Gasteiger partial charge in [0, 0.05) is 61.5 Å². The summed E-state index contributed by atoms with van der Waals surface area (Å²) in [6.45, 7) is 6.56. The van der Waals surface area contributed by atoms with E-state index in [-0.39, 0.29) is 49.1 Å². The summed E-state index contributed by atoms with van der Waals surface area (Å²) in [6.07, 6.45) is 1.24. The molecule has 2 aliphatic heterocycles. The van der Waals surface area contributed by atoms with Crippen molar-refractivity contribution in [1.82, 2.24) is 30.4 Å². The Morgan fingerprint density at radius 1 is 1.18 bits per heavy atom. The second-order valence-electron chi connectivity index (χ2n) is 10.3. The maximum absolute atomic E-state index is 13.6. The molecule has 3 N–H and O–H groups in total. The highest BCUT2D eigenvalue weighted by atomic mass is 35.5. The van der Waals surface area contributed by atoms with Gasteiger partial charge in [0.25, 0.3) is 11.8 Å². The predicted octanol–water partition coefficient (Wildman–Crippen LogP) is 2.73. The van der Waals surface area contributed by atoms with Crippen molar-refractivity contribution in [1.29, 1.82) is 0 Å². The van der Waals surface area contributed by atoms with Gasteiger partial charge in [-0.2, -0.15) is 0 Å². The molecule has 2 aliphatic rings. The smallest absolute Gasteiger partial charge is 0.280 e. The van der Waals surface area contributed by atoms with E-state index in [0.717, 1.165) is 30.1 Å². The third kappa shape index (κ3) is 6.46. The molecule has 3 aromatic rings. The lowest BCUT2D eigenvalue weighted by molar-refractivity contribution is -0.136. The number of carbonyl (C=O) groups excluding carboxylic acids is 3. The second kappa shape index (κ2) is 12.6. The molecule has 5 rings (SSSR count). The molecule has 1 fully saturated rings. The van der Waals surface area contributed by atoms with Crippen LogP contribution < -0.4 is 10.6 Å². The van der Waals surface area contributed by atoms with Crippen LogP contribution in [0.15, 0.2) is 24.3 Å². The molecule has 4 heterocycles. The summed E-state index contributed by atoms with van der Waals surface area (Å²) in [4.78, 5) is 51.7. The summed E-state index contributed by atoms with van der Waals surface area (Å²) in [7, 11) is 1.46. The predicted molar refractivity (Wildman–Crippen MR) is 152 cm³/mol. The fourth-order valence-electron chi connectivity index (χ4n) is 5.17. The summed E-state index contributed by atoms with van der Waals surface area (Å²) in [6, 6.07) is 5.32. The largest absolute Gasteiger partial charge is 0.375 e. The first kappa shape index (κ1) is 29.9. The van der Waals surface area contributed by atoms with Crippen LogP contribution in [-0.4, -0.2) is 89.0 Å². The number of nitrogens with zero attached hydrogens (tertiary/aromatic N) is 3. The number of halogens is 2. The number of nitrogens with one attached hydrogen (secondary N) is 3. The van der Waals surface area contributed by atoms with E-state index in [1.807, 2.05) is 0 Å². The van der Waals surface area contributed by atoms with Gasteiger partial charge in [0.1, 0.15) is 18.1 Å². The van der Waals surface area contributed by atoms with Crippen molar-refractivity contribution >= 4 is 52.4 Å². The minimum atomic E-state index is -0.536. The molecule has 0 aliphatic carbocycles. The quantitative estimate of drug-likeness (QED) is 0.388. The number of likely N-dealkylation sites (tertiary alicyclic amines) is 1. The number of piperidine rings is 1. The first-order valence-electron chi connectivity index (χ1n) is 13.1. The van der Waals surface area contributed by atoms with Crippen LogP contribution >= 0.6 is 23.7 Å². The zero-order chi connectivity index (χ0) is 27.7. The Morgan fingerprint density at radius 2 is 1.95 bits per heavy atom. The van der Waals surface area contributed by atoms with Gasteiger partial charge < -0.3 is 25.3 Å². The van der Waals surface area contributed by atoms with Crippen LogP contribution in [0.1, 0.15) is 51.1 Å². The number of methoxy groups -OCH3 is 1. The topological polar surface area (TPSA) is 120 Å². The third-order valence-corrected chi connectivity index (χ3v) is 8.46. The fraction of sp³-hybridized carbons (Fsp3) is 0.481. The Labute approximate surface area is 242 Å². The number of hydrogen-bond donors (Lipinski definition) is 3. The molecule has 40 heavy (non-hydrogen) atoms. The first-order chi connectivity index (χ1) is 18.7. The van der Waals surface area contributed by atoms with Crippen molar-refractivity contribution in [3.63, 3.8) is 0 Å². The third-order valence-electron chi connectivity index (χ3n) is 7.38. The lowest BCUT2D eigenvalue weighted by Gasteiger charge is -2.39. The molecule has 0 radical (unpaired) electrons. The minimum Gasteiger partial charge on any atom is -0.375 e. The second-order valence-corrected chi connectivity index (χ2v) is 11.4. The summed E-state index contributed by atoms with van der Waals surface area (Å²) in [5.41, 5.74) is 1.90. The number of ether oxygens (including phenoxy) is 1. The van der Waals surface area contributed by atoms with E-state index in [1.165, 1.54) is 30.6 Å². The van der Waals surface area contributed by atoms with Crippen LogP contribution in [0.2, 0.25) is 0 Å². The Bertz CT molecular complexity index is 1390. The number of hydrogen-bond acceptors (Lipinski definition) is 7. The zero-order valence-electron chi connectivity index (χ0n) is 22.7. The van der Waals surface area contributed by atoms with E-state index in [0.29, 0.717) is 40.6 Å². The minimum absolute atomic E-state index is 0. The SMILES string of the molecule is COCC(=O)N1CC[C@H](NC(=O)c2cc3cc(F)ccc3[nH]2)[C@H](NC(=O)c2nc3c(s2)CN(C(C)C)CC3)C1.Cl. The molecule has 216 valence electrons. The van der Waals surface area contributed by atoms with Crippen molar-refractivity contribution in [3.8, 4) is 0 Å². The summed E-state index contributed by atoms with van der Waals surface area (Å²) in [5.74, 6) is -1.26. The first-order valence-corrected chi connectivity index (χ1v) is 13.9. The van der Waals surface area contributed by atoms with Crippen LogP contribution in [0.3, 0.4) is 0 Å². The number of aromatic nitrogens is 2. The maximum Gasteiger partial charge on any atom is 0.280 e. The van der Waals surface area contributed by atoms with Crippen LogP contribution in [0.5, 0.6) is 0 Å². The van der Waals surface area contributed by atoms with Gasteiger partial charge in [0.15, 0.2) is 5.01 Å². The normalized spacial score (nSPS) is 19.3. The van der Waals surface area contributed by atoms with Crippen LogP contribution in [0.25, 0.3) is 10.9 Å². The van der Waals surface area contributed by atoms with E-state index in [2.05, 4.69) is 39.3 Å². The van der Waals surface area contributed by atoms with Crippen molar-refractivity contribution in [2.24, 2.45) is 0 Å². The molecule has 1 aromatic carbocycles. The molecule has 0 saturated carbocycles. The van der Waals surface area contributed by atoms with E-state index < -0.39 is 12.1 Å². The molecule has 3 amide bonds. The van der Waals surface area contributed by atoms with Gasteiger partial charge in [0.05, 0.1) is 17.8 Å². The number of carbonyl (C=O) groups is 3. The van der Waals surface area contributed by atoms with Gasteiger partial charge in [-0.15, -0.1) is 23.7 Å². The van der Waals surface area contributed by atoms with Gasteiger partial charge in [-0.1, -0.05) is 0 Å². The average molecular weight is 593 g/mol. The molecule has 2 atom stereocenters. The van der Waals surface area contributed by atoms with E-state index in [9.17, 15) is 18.8 Å². The van der Waals surface area contributed by atoms with E-state index in [1.54, 1.807) is 17.0 Å². The van der Waals surface area contributed by atoms with Crippen LogP contribution in [0, 0.1) is 5.82 Å². The number of benzene rings is 1. The standard InChI is InChI=1S/C27H33FN6O4S.ClH/c1-15(2)33-8-7-20-23(13-33)39-27(32-20)26(37)31-22-12-34(24(35)14-38-3)9-6-19(22)30-25(36)21-11-16-10-17(28)4-5-18(16)29-21;/h4-5,10-11,15,19,22,29H,6-9,12-14H2,1-3H3,(H,30,36)(H,31,37);1H/t19-,22+;/m0./s1. The van der Waals surface area contributed by atoms with Crippen molar-refractivity contribution in [2.75, 3.05) is 33.4 Å². The molecular weight excluding hydrogens is 559 g/mol. The number of amides is 3. The van der Waals surface area contributed by atoms with Crippen molar-refractivity contribution in [2.45, 2.75) is 51.4 Å². The molecule has 0 spiro atoms. The van der Waals surface area contributed by atoms with Gasteiger partial charge in [0.2, 0.25) is 5.91 Å². The maximum atomic E-state index is 13.6. The van der Waals surface area contributed by atoms with Crippen LogP contribution in [-0.2, 0) is 22.5 Å². The molecule has 1 saturated heterocycles. The molecule has 0 unspecified atom stereocenters. The van der Waals surface area contributed by atoms with Crippen molar-refractivity contribution < 1.29 is 23.5 Å². The fourth-order valence-corrected chi connectivity index (χ4v) is 6.20. The number of thiazole rings is 1. The Morgan fingerprint density at radius 3 is 2.70 bits per heavy atom. The molecule has 10 nitrogen and oxygen atoms in total. The van der Waals surface area contributed by atoms with Gasteiger partial charge in [-0.3, -0.25) is 19.3 Å². The summed E-state index contributed by atoms with van der Waals surface area (Å²) < 4.78 is 18.6. The molecule has 0 bridgehead atoms. The Hall–Kier alpha value is -3.06. The Balaban J connectivity index is 0.00000370. The average Bonchev–Trinajstić information content (AvgIpc) is 3.53. The highest BCUT2D eigenvalue weighted by Gasteiger charge is 2.35. The van der Waals surface area contributed by atoms with E-state index >= 15 is 0 Å². The van der Waals surface area contributed by atoms with Gasteiger partial charge in [-0.05, 0) is 44.5 Å². The lowest BCUT2D eigenvalue weighted by atomic mass is 9.98. The summed E-state index contributed by atoms with van der Waals surface area (Å²) in [5, 5.41) is 7.01. The number of H-pyrrole nitrogens is 1. The monoisotopic (exact) mass is 592 g/mol. The lowest BCUT2D eigenvalue weighted by Crippen LogP contribution is -2.61. The number of rotatable bonds is 7. The van der Waals surface area contributed by atoms with Gasteiger partial charge in [-0.25, -0.2) is 9.37 Å². The van der Waals surface area contributed by atoms with Gasteiger partial charge >= 0.3 is 0 Å². The molecule has 13 heteroatoms. The number of fused-ring (bicyclic) bond motifs is 2. The van der Waals surface area contributed by atoms with Crippen molar-refractivity contribution in [3.05, 3.63) is 51.4 Å². The zero-order valence-corrected chi connectivity index (χ0v) is 24.3. The Kier molecular flexibility index (Phi) is 9.44. The van der Waals surface area contributed by atoms with E-state index in [4.69, 9.17) is 4.74 Å². The summed E-state index contributed by atoms with van der Waals surface area (Å²) >= 11 is 1.40. The highest BCUT2D eigenvalue weighted by Crippen LogP contribution is 2.27. The molecular formula is C27H34ClFN6O4S. The number of aromatic amines is 1. The molecule has 2 aromatic heterocycles.